The second-order valence-corrected chi connectivity index (χ2v) is 10.9. The van der Waals surface area contributed by atoms with Crippen LogP contribution in [0.4, 0.5) is 0 Å². The summed E-state index contributed by atoms with van der Waals surface area (Å²) in [6, 6.07) is 11.4. The van der Waals surface area contributed by atoms with E-state index < -0.39 is 27.2 Å². The first kappa shape index (κ1) is 25.5. The predicted octanol–water partition coefficient (Wildman–Crippen LogP) is 3.58. The summed E-state index contributed by atoms with van der Waals surface area (Å²) in [4.78, 5) is 11.8. The van der Waals surface area contributed by atoms with Gasteiger partial charge in [-0.15, -0.1) is 0 Å². The van der Waals surface area contributed by atoms with Crippen molar-refractivity contribution < 1.29 is 27.8 Å². The molecule has 2 N–H and O–H groups in total. The molecule has 1 aliphatic rings. The van der Waals surface area contributed by atoms with E-state index in [1.807, 2.05) is 38.1 Å². The Bertz CT molecular complexity index is 1090. The Labute approximate surface area is 200 Å². The van der Waals surface area contributed by atoms with Crippen LogP contribution in [0.15, 0.2) is 36.4 Å². The lowest BCUT2D eigenvalue weighted by Gasteiger charge is -2.28. The second-order valence-electron chi connectivity index (χ2n) is 8.81. The highest BCUT2D eigenvalue weighted by Crippen LogP contribution is 2.38. The molecule has 1 saturated heterocycles. The van der Waals surface area contributed by atoms with Crippen LogP contribution in [0.5, 0.6) is 11.5 Å². The van der Waals surface area contributed by atoms with Crippen LogP contribution in [0, 0.1) is 12.8 Å². The lowest BCUT2D eigenvalue weighted by Crippen LogP contribution is -2.22. The third-order valence-corrected chi connectivity index (χ3v) is 7.68. The first-order chi connectivity index (χ1) is 15.5. The number of carbonyl (C=O) groups is 1. The molecular formula is C24H30ClNO6S. The van der Waals surface area contributed by atoms with Gasteiger partial charge in [0.15, 0.2) is 0 Å². The highest BCUT2D eigenvalue weighted by molar-refractivity contribution is 8.04. The average molecular weight is 496 g/mol. The van der Waals surface area contributed by atoms with E-state index >= 15 is 0 Å². The van der Waals surface area contributed by atoms with Gasteiger partial charge in [0.25, 0.3) is 15.1 Å². The predicted molar refractivity (Wildman–Crippen MR) is 127 cm³/mol. The quantitative estimate of drug-likeness (QED) is 0.551. The number of ether oxygens (including phenoxy) is 2. The molecule has 2 atom stereocenters. The van der Waals surface area contributed by atoms with E-state index in [0.29, 0.717) is 22.9 Å². The monoisotopic (exact) mass is 495 g/mol. The standard InChI is InChI=1S/C24H30ClNO6S/c1-5-19(27)14-32-22-15(2)10-18(11-21(22)25)24(3,4)17-6-8-20(9-7-17)31-13-16-12-26-33(29,30)23(16)28/h6-11,16,19,26-27H,5,12-14H2,1-4H3/t16-,19+/m1/s1. The second kappa shape index (κ2) is 10.0. The van der Waals surface area contributed by atoms with Gasteiger partial charge in [-0.2, -0.15) is 0 Å². The Kier molecular flexibility index (Phi) is 7.73. The molecule has 1 aliphatic heterocycles. The Morgan fingerprint density at radius 1 is 1.18 bits per heavy atom. The zero-order chi connectivity index (χ0) is 24.4. The third-order valence-electron chi connectivity index (χ3n) is 5.99. The van der Waals surface area contributed by atoms with Crippen molar-refractivity contribution in [2.24, 2.45) is 5.92 Å². The number of benzene rings is 2. The van der Waals surface area contributed by atoms with Crippen LogP contribution >= 0.6 is 11.6 Å². The van der Waals surface area contributed by atoms with E-state index in [2.05, 4.69) is 18.6 Å². The van der Waals surface area contributed by atoms with Gasteiger partial charge in [0, 0.05) is 12.0 Å². The zero-order valence-electron chi connectivity index (χ0n) is 19.2. The Morgan fingerprint density at radius 2 is 1.85 bits per heavy atom. The van der Waals surface area contributed by atoms with Gasteiger partial charge in [-0.05, 0) is 48.2 Å². The van der Waals surface area contributed by atoms with E-state index in [4.69, 9.17) is 21.1 Å². The van der Waals surface area contributed by atoms with Gasteiger partial charge in [0.1, 0.15) is 24.7 Å². The summed E-state index contributed by atoms with van der Waals surface area (Å²) in [6.45, 7) is 8.23. The molecule has 2 aromatic carbocycles. The largest absolute Gasteiger partial charge is 0.493 e. The first-order valence-corrected chi connectivity index (χ1v) is 12.7. The molecule has 1 heterocycles. The van der Waals surface area contributed by atoms with Crippen molar-refractivity contribution in [1.29, 1.82) is 0 Å². The highest BCUT2D eigenvalue weighted by Gasteiger charge is 2.38. The number of hydrogen-bond acceptors (Lipinski definition) is 6. The lowest BCUT2D eigenvalue weighted by atomic mass is 9.77. The van der Waals surface area contributed by atoms with Crippen LogP contribution in [0.25, 0.3) is 0 Å². The number of aliphatic hydroxyl groups excluding tert-OH is 1. The third kappa shape index (κ3) is 5.69. The zero-order valence-corrected chi connectivity index (χ0v) is 20.8. The SMILES string of the molecule is CC[C@H](O)COc1c(C)cc(C(C)(C)c2ccc(OC[C@H]3CNS(=O)(=O)C3=O)cc2)cc1Cl. The topological polar surface area (TPSA) is 102 Å². The summed E-state index contributed by atoms with van der Waals surface area (Å²) in [6.07, 6.45) is 0.0684. The van der Waals surface area contributed by atoms with Gasteiger partial charge >= 0.3 is 0 Å². The minimum absolute atomic E-state index is 0.00318. The van der Waals surface area contributed by atoms with Crippen molar-refractivity contribution in [3.63, 3.8) is 0 Å². The fourth-order valence-electron chi connectivity index (χ4n) is 3.61. The minimum atomic E-state index is -3.86. The van der Waals surface area contributed by atoms with E-state index in [1.165, 1.54) is 0 Å². The number of nitrogens with one attached hydrogen (secondary N) is 1. The fourth-order valence-corrected chi connectivity index (χ4v) is 5.09. The number of sulfonamides is 1. The summed E-state index contributed by atoms with van der Waals surface area (Å²) < 4.78 is 36.6. The number of aryl methyl sites for hydroxylation is 1. The Morgan fingerprint density at radius 3 is 2.39 bits per heavy atom. The van der Waals surface area contributed by atoms with Gasteiger partial charge in [-0.1, -0.05) is 50.6 Å². The summed E-state index contributed by atoms with van der Waals surface area (Å²) in [7, 11) is -3.86. The van der Waals surface area contributed by atoms with Crippen molar-refractivity contribution in [1.82, 2.24) is 4.72 Å². The summed E-state index contributed by atoms with van der Waals surface area (Å²) in [5.41, 5.74) is 2.56. The van der Waals surface area contributed by atoms with E-state index in [1.54, 1.807) is 12.1 Å². The first-order valence-electron chi connectivity index (χ1n) is 10.8. The Hall–Kier alpha value is -2.13. The molecule has 0 spiro atoms. The van der Waals surface area contributed by atoms with Crippen molar-refractivity contribution in [3.05, 3.63) is 58.1 Å². The molecule has 9 heteroatoms. The van der Waals surface area contributed by atoms with Crippen LogP contribution in [0.1, 0.15) is 43.9 Å². The van der Waals surface area contributed by atoms with Crippen molar-refractivity contribution in [2.75, 3.05) is 19.8 Å². The molecular weight excluding hydrogens is 466 g/mol. The van der Waals surface area contributed by atoms with Crippen LogP contribution in [-0.4, -0.2) is 44.5 Å². The number of carbonyl (C=O) groups excluding carboxylic acids is 1. The molecule has 0 bridgehead atoms. The molecule has 180 valence electrons. The summed E-state index contributed by atoms with van der Waals surface area (Å²) in [5, 5.41) is 9.43. The van der Waals surface area contributed by atoms with E-state index in [-0.39, 0.29) is 25.2 Å². The van der Waals surface area contributed by atoms with Crippen molar-refractivity contribution in [3.8, 4) is 11.5 Å². The average Bonchev–Trinajstić information content (AvgIpc) is 3.03. The number of rotatable bonds is 9. The van der Waals surface area contributed by atoms with E-state index in [9.17, 15) is 18.3 Å². The number of aliphatic hydroxyl groups is 1. The maximum absolute atomic E-state index is 11.8. The van der Waals surface area contributed by atoms with Gasteiger partial charge in [0.05, 0.1) is 17.0 Å². The normalized spacial score (nSPS) is 18.8. The number of hydrogen-bond donors (Lipinski definition) is 2. The molecule has 1 fully saturated rings. The van der Waals surface area contributed by atoms with Crippen LogP contribution in [0.3, 0.4) is 0 Å². The van der Waals surface area contributed by atoms with Crippen molar-refractivity contribution >= 4 is 26.7 Å². The molecule has 0 amide bonds. The van der Waals surface area contributed by atoms with Crippen LogP contribution < -0.4 is 14.2 Å². The molecule has 0 aromatic heterocycles. The minimum Gasteiger partial charge on any atom is -0.493 e. The highest BCUT2D eigenvalue weighted by atomic mass is 35.5. The van der Waals surface area contributed by atoms with Gasteiger partial charge in [-0.3, -0.25) is 4.79 Å². The Balaban J connectivity index is 1.71. The molecule has 0 saturated carbocycles. The molecule has 0 unspecified atom stereocenters. The maximum atomic E-state index is 11.8. The molecule has 2 aromatic rings. The van der Waals surface area contributed by atoms with Gasteiger partial charge < -0.3 is 14.6 Å². The van der Waals surface area contributed by atoms with Crippen LogP contribution in [0.2, 0.25) is 5.02 Å². The summed E-state index contributed by atoms with van der Waals surface area (Å²) >= 11 is 6.51. The van der Waals surface area contributed by atoms with Crippen molar-refractivity contribution in [2.45, 2.75) is 45.6 Å². The molecule has 3 rings (SSSR count). The lowest BCUT2D eigenvalue weighted by molar-refractivity contribution is -0.114. The number of halogens is 1. The maximum Gasteiger partial charge on any atom is 0.274 e. The van der Waals surface area contributed by atoms with Crippen LogP contribution in [-0.2, 0) is 20.2 Å². The summed E-state index contributed by atoms with van der Waals surface area (Å²) in [5.74, 6) is 0.417. The van der Waals surface area contributed by atoms with Gasteiger partial charge in [0.2, 0.25) is 0 Å². The molecule has 33 heavy (non-hydrogen) atoms. The van der Waals surface area contributed by atoms with Gasteiger partial charge in [-0.25, -0.2) is 13.1 Å². The molecule has 7 nitrogen and oxygen atoms in total. The molecule has 0 radical (unpaired) electrons. The smallest absolute Gasteiger partial charge is 0.274 e. The van der Waals surface area contributed by atoms with E-state index in [0.717, 1.165) is 16.7 Å². The fraction of sp³-hybridized carbons (Fsp3) is 0.458. The molecule has 0 aliphatic carbocycles.